The zero-order valence-corrected chi connectivity index (χ0v) is 22.6. The van der Waals surface area contributed by atoms with E-state index in [-0.39, 0.29) is 12.6 Å². The topological polar surface area (TPSA) is 93.7 Å². The number of carbonyl (C=O) groups is 1. The largest absolute Gasteiger partial charge is 0.460 e. The fourth-order valence-corrected chi connectivity index (χ4v) is 2.90. The predicted octanol–water partition coefficient (Wildman–Crippen LogP) is 3.55. The minimum absolute atomic E-state index is 0.203. The summed E-state index contributed by atoms with van der Waals surface area (Å²) in [6.07, 6.45) is 2.26. The maximum atomic E-state index is 12.1. The Bertz CT molecular complexity index is 606. The molecule has 0 fully saturated rings. The molecular weight excluding hydrogens is 522 g/mol. The number of nitrogens with one attached hydrogen (secondary N) is 1. The molecule has 0 spiro atoms. The molecule has 0 aromatic heterocycles. The van der Waals surface area contributed by atoms with Crippen molar-refractivity contribution in [3.63, 3.8) is 0 Å². The van der Waals surface area contributed by atoms with Gasteiger partial charge in [-0.15, -0.1) is 0 Å². The molecular formula is C25H42BrNO8. The molecule has 0 bridgehead atoms. The van der Waals surface area contributed by atoms with Gasteiger partial charge in [-0.1, -0.05) is 29.3 Å². The molecule has 0 saturated carbocycles. The van der Waals surface area contributed by atoms with Crippen LogP contribution in [0.3, 0.4) is 0 Å². The summed E-state index contributed by atoms with van der Waals surface area (Å²) in [6.45, 7) is 9.45. The molecule has 1 N–H and O–H groups in total. The van der Waals surface area contributed by atoms with E-state index >= 15 is 0 Å². The summed E-state index contributed by atoms with van der Waals surface area (Å²) in [4.78, 5) is 12.1. The van der Waals surface area contributed by atoms with Crippen LogP contribution >= 0.6 is 15.9 Å². The highest BCUT2D eigenvalue weighted by atomic mass is 79.9. The van der Waals surface area contributed by atoms with Crippen LogP contribution in [0.1, 0.15) is 30.1 Å². The van der Waals surface area contributed by atoms with Crippen molar-refractivity contribution in [2.75, 3.05) is 103 Å². The summed E-state index contributed by atoms with van der Waals surface area (Å²) in [5, 5.41) is 4.15. The van der Waals surface area contributed by atoms with E-state index in [4.69, 9.17) is 33.2 Å². The van der Waals surface area contributed by atoms with Crippen LogP contribution in [0.2, 0.25) is 0 Å². The number of ether oxygens (including phenoxy) is 7. The summed E-state index contributed by atoms with van der Waals surface area (Å²) < 4.78 is 37.6. The van der Waals surface area contributed by atoms with E-state index in [2.05, 4.69) is 28.2 Å². The van der Waals surface area contributed by atoms with Gasteiger partial charge in [0.15, 0.2) is 0 Å². The SMILES string of the molecule is CCCCNc1ccc(C(=O)OCCOCCOCCOCCOCCOCCOCCBr)cc1. The van der Waals surface area contributed by atoms with Crippen molar-refractivity contribution < 1.29 is 38.0 Å². The van der Waals surface area contributed by atoms with Crippen molar-refractivity contribution >= 4 is 27.6 Å². The van der Waals surface area contributed by atoms with Gasteiger partial charge in [0.2, 0.25) is 0 Å². The maximum Gasteiger partial charge on any atom is 0.338 e. The molecule has 1 aromatic rings. The molecule has 202 valence electrons. The number of anilines is 1. The second-order valence-electron chi connectivity index (χ2n) is 7.36. The van der Waals surface area contributed by atoms with Crippen molar-refractivity contribution in [1.82, 2.24) is 0 Å². The van der Waals surface area contributed by atoms with Gasteiger partial charge in [-0.25, -0.2) is 4.79 Å². The van der Waals surface area contributed by atoms with E-state index in [0.29, 0.717) is 84.8 Å². The average molecular weight is 565 g/mol. The minimum Gasteiger partial charge on any atom is -0.460 e. The van der Waals surface area contributed by atoms with E-state index in [1.165, 1.54) is 0 Å². The lowest BCUT2D eigenvalue weighted by Gasteiger charge is -2.09. The summed E-state index contributed by atoms with van der Waals surface area (Å²) in [5.41, 5.74) is 1.53. The zero-order chi connectivity index (χ0) is 25.2. The Morgan fingerprint density at radius 1 is 0.686 bits per heavy atom. The van der Waals surface area contributed by atoms with Gasteiger partial charge in [0.05, 0.1) is 84.8 Å². The highest BCUT2D eigenvalue weighted by molar-refractivity contribution is 9.09. The van der Waals surface area contributed by atoms with Crippen molar-refractivity contribution in [3.05, 3.63) is 29.8 Å². The van der Waals surface area contributed by atoms with Crippen LogP contribution in [0.15, 0.2) is 24.3 Å². The van der Waals surface area contributed by atoms with E-state index in [9.17, 15) is 4.79 Å². The van der Waals surface area contributed by atoms with Gasteiger partial charge in [-0.2, -0.15) is 0 Å². The number of carbonyl (C=O) groups excluding carboxylic acids is 1. The Hall–Kier alpha value is -1.27. The van der Waals surface area contributed by atoms with Gasteiger partial charge in [0.25, 0.3) is 0 Å². The Kier molecular flexibility index (Phi) is 22.2. The van der Waals surface area contributed by atoms with Gasteiger partial charge in [0, 0.05) is 17.6 Å². The minimum atomic E-state index is -0.353. The molecule has 9 nitrogen and oxygen atoms in total. The van der Waals surface area contributed by atoms with Crippen molar-refractivity contribution in [2.45, 2.75) is 19.8 Å². The first-order chi connectivity index (χ1) is 17.3. The number of benzene rings is 1. The third kappa shape index (κ3) is 19.6. The smallest absolute Gasteiger partial charge is 0.338 e. The maximum absolute atomic E-state index is 12.1. The lowest BCUT2D eigenvalue weighted by Crippen LogP contribution is -2.15. The van der Waals surface area contributed by atoms with Crippen molar-refractivity contribution in [2.24, 2.45) is 0 Å². The quantitative estimate of drug-likeness (QED) is 0.109. The van der Waals surface area contributed by atoms with Crippen LogP contribution in [-0.4, -0.2) is 104 Å². The highest BCUT2D eigenvalue weighted by Crippen LogP contribution is 2.10. The van der Waals surface area contributed by atoms with E-state index in [1.807, 2.05) is 12.1 Å². The first-order valence-corrected chi connectivity index (χ1v) is 13.4. The summed E-state index contributed by atoms with van der Waals surface area (Å²) in [7, 11) is 0. The molecule has 0 heterocycles. The van der Waals surface area contributed by atoms with Gasteiger partial charge >= 0.3 is 5.97 Å². The Morgan fingerprint density at radius 3 is 1.54 bits per heavy atom. The number of hydrogen-bond acceptors (Lipinski definition) is 9. The van der Waals surface area contributed by atoms with Crippen molar-refractivity contribution in [1.29, 1.82) is 0 Å². The van der Waals surface area contributed by atoms with Crippen LogP contribution in [-0.2, 0) is 33.2 Å². The van der Waals surface area contributed by atoms with Crippen LogP contribution in [0, 0.1) is 0 Å². The molecule has 35 heavy (non-hydrogen) atoms. The molecule has 0 aliphatic carbocycles. The standard InChI is InChI=1S/C25H42BrNO8/c1-2-3-9-27-24-6-4-23(5-7-24)25(28)35-22-21-34-20-19-33-18-17-32-16-15-31-14-13-30-12-11-29-10-8-26/h4-7,27H,2-3,8-22H2,1H3. The van der Waals surface area contributed by atoms with Crippen LogP contribution in [0.5, 0.6) is 0 Å². The van der Waals surface area contributed by atoms with E-state index < -0.39 is 0 Å². The number of halogens is 1. The molecule has 0 unspecified atom stereocenters. The summed E-state index contributed by atoms with van der Waals surface area (Å²) in [5.74, 6) is -0.353. The molecule has 0 atom stereocenters. The number of alkyl halides is 1. The molecule has 0 aliphatic heterocycles. The Labute approximate surface area is 218 Å². The Morgan fingerprint density at radius 2 is 1.11 bits per heavy atom. The predicted molar refractivity (Wildman–Crippen MR) is 139 cm³/mol. The monoisotopic (exact) mass is 563 g/mol. The van der Waals surface area contributed by atoms with Crippen molar-refractivity contribution in [3.8, 4) is 0 Å². The second kappa shape index (κ2) is 24.4. The fraction of sp³-hybridized carbons (Fsp3) is 0.720. The third-order valence-electron chi connectivity index (χ3n) is 4.52. The summed E-state index contributed by atoms with van der Waals surface area (Å²) in [6, 6.07) is 7.30. The molecule has 10 heteroatoms. The summed E-state index contributed by atoms with van der Waals surface area (Å²) >= 11 is 3.29. The van der Waals surface area contributed by atoms with Crippen LogP contribution < -0.4 is 5.32 Å². The lowest BCUT2D eigenvalue weighted by molar-refractivity contribution is -0.0188. The number of unbranched alkanes of at least 4 members (excludes halogenated alkanes) is 1. The number of esters is 1. The molecule has 1 aromatic carbocycles. The van der Waals surface area contributed by atoms with Crippen LogP contribution in [0.25, 0.3) is 0 Å². The van der Waals surface area contributed by atoms with E-state index in [1.54, 1.807) is 12.1 Å². The van der Waals surface area contributed by atoms with Crippen LogP contribution in [0.4, 0.5) is 5.69 Å². The lowest BCUT2D eigenvalue weighted by atomic mass is 10.2. The third-order valence-corrected chi connectivity index (χ3v) is 4.85. The number of hydrogen-bond donors (Lipinski definition) is 1. The Balaban J connectivity index is 1.82. The first-order valence-electron chi connectivity index (χ1n) is 12.3. The fourth-order valence-electron chi connectivity index (χ4n) is 2.67. The van der Waals surface area contributed by atoms with E-state index in [0.717, 1.165) is 30.4 Å². The molecule has 0 radical (unpaired) electrons. The molecule has 0 aliphatic rings. The zero-order valence-electron chi connectivity index (χ0n) is 21.0. The first kappa shape index (κ1) is 31.8. The molecule has 0 saturated heterocycles. The molecule has 1 rings (SSSR count). The highest BCUT2D eigenvalue weighted by Gasteiger charge is 2.06. The van der Waals surface area contributed by atoms with Gasteiger partial charge < -0.3 is 38.5 Å². The normalized spacial score (nSPS) is 11.0. The van der Waals surface area contributed by atoms with Gasteiger partial charge in [0.1, 0.15) is 6.61 Å². The second-order valence-corrected chi connectivity index (χ2v) is 8.15. The number of rotatable bonds is 25. The molecule has 0 amide bonds. The average Bonchev–Trinajstić information content (AvgIpc) is 2.88. The van der Waals surface area contributed by atoms with Gasteiger partial charge in [-0.05, 0) is 30.7 Å². The van der Waals surface area contributed by atoms with Gasteiger partial charge in [-0.3, -0.25) is 0 Å².